The second kappa shape index (κ2) is 11.1. The van der Waals surface area contributed by atoms with Crippen molar-refractivity contribution < 1.29 is 9.53 Å². The third kappa shape index (κ3) is 5.70. The lowest BCUT2D eigenvalue weighted by molar-refractivity contribution is 0.107. The van der Waals surface area contributed by atoms with Crippen molar-refractivity contribution in [3.8, 4) is 11.8 Å². The van der Waals surface area contributed by atoms with Crippen LogP contribution in [0.5, 0.6) is 0 Å². The van der Waals surface area contributed by atoms with E-state index in [4.69, 9.17) is 4.74 Å². The van der Waals surface area contributed by atoms with Crippen LogP contribution in [0.4, 0.5) is 16.3 Å². The first-order valence-electron chi connectivity index (χ1n) is 12.8. The van der Waals surface area contributed by atoms with E-state index in [1.165, 1.54) is 16.9 Å². The summed E-state index contributed by atoms with van der Waals surface area (Å²) in [6.07, 6.45) is 3.55. The lowest BCUT2D eigenvalue weighted by atomic mass is 10.2. The van der Waals surface area contributed by atoms with E-state index in [1.54, 1.807) is 6.33 Å². The highest BCUT2D eigenvalue weighted by molar-refractivity contribution is 7.19. The Morgan fingerprint density at radius 2 is 2.10 bits per heavy atom. The van der Waals surface area contributed by atoms with Crippen molar-refractivity contribution in [3.63, 3.8) is 0 Å². The highest BCUT2D eigenvalue weighted by atomic mass is 32.1. The van der Waals surface area contributed by atoms with Crippen molar-refractivity contribution in [1.29, 1.82) is 0 Å². The second-order valence-electron chi connectivity index (χ2n) is 9.26. The molecule has 0 spiro atoms. The van der Waals surface area contributed by atoms with Crippen LogP contribution in [0.15, 0.2) is 67.1 Å². The molecule has 1 saturated heterocycles. The highest BCUT2D eigenvalue weighted by Crippen LogP contribution is 2.30. The molecule has 9 nitrogen and oxygen atoms in total. The molecule has 3 N–H and O–H groups in total. The van der Waals surface area contributed by atoms with Gasteiger partial charge < -0.3 is 15.4 Å². The van der Waals surface area contributed by atoms with E-state index in [0.717, 1.165) is 44.0 Å². The summed E-state index contributed by atoms with van der Waals surface area (Å²) < 4.78 is 7.41. The number of rotatable bonds is 6. The summed E-state index contributed by atoms with van der Waals surface area (Å²) in [6, 6.07) is 18.5. The van der Waals surface area contributed by atoms with E-state index >= 15 is 0 Å². The molecule has 196 valence electrons. The molecule has 1 fully saturated rings. The maximum absolute atomic E-state index is 11.7. The number of aromatic nitrogens is 4. The highest BCUT2D eigenvalue weighted by Gasteiger charge is 2.25. The third-order valence-electron chi connectivity index (χ3n) is 6.46. The molecule has 0 saturated carbocycles. The number of ether oxygens (including phenoxy) is 1. The van der Waals surface area contributed by atoms with Gasteiger partial charge >= 0.3 is 6.09 Å². The number of anilines is 2. The largest absolute Gasteiger partial charge is 0.445 e. The molecule has 0 unspecified atom stereocenters. The fourth-order valence-electron chi connectivity index (χ4n) is 4.60. The van der Waals surface area contributed by atoms with Gasteiger partial charge in [-0.1, -0.05) is 42.2 Å². The molecule has 0 radical (unpaired) electrons. The molecule has 6 rings (SSSR count). The summed E-state index contributed by atoms with van der Waals surface area (Å²) in [5.74, 6) is 7.25. The summed E-state index contributed by atoms with van der Waals surface area (Å²) in [5, 5.41) is 16.0. The minimum Gasteiger partial charge on any atom is -0.445 e. The number of carbonyl (C=O) groups is 1. The smallest absolute Gasteiger partial charge is 0.407 e. The van der Waals surface area contributed by atoms with Gasteiger partial charge in [0, 0.05) is 30.6 Å². The number of amides is 1. The fourth-order valence-corrected chi connectivity index (χ4v) is 5.46. The topological polar surface area (TPSA) is 106 Å². The molecule has 1 aliphatic heterocycles. The van der Waals surface area contributed by atoms with E-state index in [2.05, 4.69) is 67.1 Å². The van der Waals surface area contributed by atoms with Gasteiger partial charge in [0.05, 0.1) is 34.6 Å². The van der Waals surface area contributed by atoms with Gasteiger partial charge in [0.2, 0.25) is 0 Å². The molecule has 39 heavy (non-hydrogen) atoms. The first-order valence-corrected chi connectivity index (χ1v) is 13.7. The SMILES string of the molecule is CCNC(=O)O[C@H]1CN[C@@H](C#Cc2cc3c(Nc4ccc5c(cnn5Cc5ccccc5)c4)ncnc3s2)C1. The molecule has 1 amide bonds. The Kier molecular flexibility index (Phi) is 7.08. The molecular weight excluding hydrogens is 510 g/mol. The molecule has 4 heterocycles. The summed E-state index contributed by atoms with van der Waals surface area (Å²) in [6.45, 7) is 3.72. The van der Waals surface area contributed by atoms with Crippen LogP contribution < -0.4 is 16.0 Å². The van der Waals surface area contributed by atoms with E-state index in [9.17, 15) is 4.79 Å². The maximum atomic E-state index is 11.7. The number of hydrogen-bond donors (Lipinski definition) is 3. The number of alkyl carbamates (subject to hydrolysis) is 1. The zero-order chi connectivity index (χ0) is 26.6. The van der Waals surface area contributed by atoms with Gasteiger partial charge in [-0.3, -0.25) is 10.00 Å². The van der Waals surface area contributed by atoms with Gasteiger partial charge in [-0.05, 0) is 36.8 Å². The Balaban J connectivity index is 1.16. The molecule has 0 bridgehead atoms. The number of nitrogens with one attached hydrogen (secondary N) is 3. The number of thiophene rings is 1. The number of hydrogen-bond acceptors (Lipinski definition) is 8. The van der Waals surface area contributed by atoms with Crippen molar-refractivity contribution in [2.75, 3.05) is 18.4 Å². The Bertz CT molecular complexity index is 1690. The van der Waals surface area contributed by atoms with E-state index in [-0.39, 0.29) is 18.2 Å². The van der Waals surface area contributed by atoms with Gasteiger partial charge in [0.15, 0.2) is 0 Å². The number of carbonyl (C=O) groups excluding carboxylic acids is 1. The lowest BCUT2D eigenvalue weighted by Crippen LogP contribution is -2.29. The zero-order valence-corrected chi connectivity index (χ0v) is 22.2. The van der Waals surface area contributed by atoms with Crippen LogP contribution >= 0.6 is 11.3 Å². The maximum Gasteiger partial charge on any atom is 0.407 e. The predicted molar refractivity (Wildman–Crippen MR) is 153 cm³/mol. The third-order valence-corrected chi connectivity index (χ3v) is 7.42. The predicted octanol–water partition coefficient (Wildman–Crippen LogP) is 4.66. The number of nitrogens with zero attached hydrogens (tertiary/aromatic N) is 4. The van der Waals surface area contributed by atoms with Crippen LogP contribution in [0.1, 0.15) is 23.8 Å². The number of fused-ring (bicyclic) bond motifs is 2. The fraction of sp³-hybridized carbons (Fsp3) is 0.241. The first-order chi connectivity index (χ1) is 19.1. The van der Waals surface area contributed by atoms with Crippen LogP contribution in [-0.2, 0) is 11.3 Å². The van der Waals surface area contributed by atoms with Crippen molar-refractivity contribution >= 4 is 50.1 Å². The first kappa shape index (κ1) is 24.9. The van der Waals surface area contributed by atoms with Gasteiger partial charge in [-0.25, -0.2) is 14.8 Å². The minimum absolute atomic E-state index is 0.0344. The molecular formula is C29H27N7O2S. The molecule has 5 aromatic rings. The van der Waals surface area contributed by atoms with Crippen molar-refractivity contribution in [1.82, 2.24) is 30.4 Å². The Morgan fingerprint density at radius 3 is 2.97 bits per heavy atom. The van der Waals surface area contributed by atoms with E-state index in [1.807, 2.05) is 48.1 Å². The average Bonchev–Trinajstić information content (AvgIpc) is 3.67. The van der Waals surface area contributed by atoms with Gasteiger partial charge in [0.1, 0.15) is 23.1 Å². The molecule has 2 atom stereocenters. The average molecular weight is 538 g/mol. The zero-order valence-electron chi connectivity index (χ0n) is 21.3. The van der Waals surface area contributed by atoms with Gasteiger partial charge in [-0.2, -0.15) is 5.10 Å². The number of benzene rings is 2. The van der Waals surface area contributed by atoms with Crippen LogP contribution in [0.25, 0.3) is 21.1 Å². The van der Waals surface area contributed by atoms with Crippen LogP contribution in [0, 0.1) is 11.8 Å². The van der Waals surface area contributed by atoms with Crippen LogP contribution in [-0.4, -0.2) is 51.1 Å². The van der Waals surface area contributed by atoms with E-state index < -0.39 is 0 Å². The second-order valence-corrected chi connectivity index (χ2v) is 10.3. The summed E-state index contributed by atoms with van der Waals surface area (Å²) in [4.78, 5) is 22.4. The van der Waals surface area contributed by atoms with Crippen LogP contribution in [0.2, 0.25) is 0 Å². The minimum atomic E-state index is -0.388. The van der Waals surface area contributed by atoms with E-state index in [0.29, 0.717) is 19.5 Å². The lowest BCUT2D eigenvalue weighted by Gasteiger charge is -2.10. The Morgan fingerprint density at radius 1 is 1.21 bits per heavy atom. The van der Waals surface area contributed by atoms with Crippen molar-refractivity contribution in [2.24, 2.45) is 0 Å². The molecule has 10 heteroatoms. The van der Waals surface area contributed by atoms with Crippen LogP contribution in [0.3, 0.4) is 0 Å². The molecule has 2 aromatic carbocycles. The van der Waals surface area contributed by atoms with Gasteiger partial charge in [-0.15, -0.1) is 11.3 Å². The van der Waals surface area contributed by atoms with Crippen molar-refractivity contribution in [2.45, 2.75) is 32.0 Å². The summed E-state index contributed by atoms with van der Waals surface area (Å²) in [5.41, 5.74) is 3.21. The molecule has 3 aromatic heterocycles. The van der Waals surface area contributed by atoms with Crippen molar-refractivity contribution in [3.05, 3.63) is 77.6 Å². The Hall–Kier alpha value is -4.46. The molecule has 1 aliphatic rings. The normalized spacial score (nSPS) is 16.6. The monoisotopic (exact) mass is 537 g/mol. The summed E-state index contributed by atoms with van der Waals surface area (Å²) >= 11 is 1.53. The quantitative estimate of drug-likeness (QED) is 0.271. The summed E-state index contributed by atoms with van der Waals surface area (Å²) in [7, 11) is 0. The van der Waals surface area contributed by atoms with Gasteiger partial charge in [0.25, 0.3) is 0 Å². The Labute approximate surface area is 229 Å². The standard InChI is InChI=1S/C29H27N7O2S/c1-2-30-29(37)38-23-13-21(31-16-23)8-10-24-14-25-27(32-18-33-28(25)39-24)35-22-9-11-26-20(12-22)15-34-36(26)17-19-6-4-3-5-7-19/h3-7,9,11-12,14-15,18,21,23,31H,2,13,16-17H2,1H3,(H,30,37)(H,32,33,35)/t21-,23+/m0/s1. The molecule has 0 aliphatic carbocycles.